The minimum absolute atomic E-state index is 0.0748. The maximum Gasteiger partial charge on any atom is 0.318 e. The summed E-state index contributed by atoms with van der Waals surface area (Å²) in [5.41, 5.74) is 0. The summed E-state index contributed by atoms with van der Waals surface area (Å²) in [5, 5.41) is 6.36. The van der Waals surface area contributed by atoms with Gasteiger partial charge in [-0.2, -0.15) is 0 Å². The first-order chi connectivity index (χ1) is 9.33. The van der Waals surface area contributed by atoms with E-state index in [1.807, 2.05) is 4.90 Å². The van der Waals surface area contributed by atoms with E-state index in [-0.39, 0.29) is 6.03 Å². The topological polar surface area (TPSA) is 53.6 Å². The molecule has 2 amide bonds. The molecule has 0 aromatic rings. The third kappa shape index (κ3) is 3.41. The Kier molecular flexibility index (Phi) is 3.92. The Hall–Kier alpha value is -1.23. The summed E-state index contributed by atoms with van der Waals surface area (Å²) >= 11 is 0. The fourth-order valence-electron chi connectivity index (χ4n) is 2.79. The Balaban J connectivity index is 1.49. The molecule has 1 atom stereocenters. The molecule has 1 aliphatic carbocycles. The minimum atomic E-state index is 0.0748. The van der Waals surface area contributed by atoms with E-state index >= 15 is 0 Å². The number of hydrogen-bond acceptors (Lipinski definition) is 3. The van der Waals surface area contributed by atoms with Crippen molar-refractivity contribution >= 4 is 6.03 Å². The van der Waals surface area contributed by atoms with E-state index in [0.717, 1.165) is 51.3 Å². The lowest BCUT2D eigenvalue weighted by molar-refractivity contribution is 0.182. The molecule has 106 valence electrons. The van der Waals surface area contributed by atoms with Crippen LogP contribution in [0.15, 0.2) is 11.8 Å². The van der Waals surface area contributed by atoms with Crippen LogP contribution in [-0.2, 0) is 4.74 Å². The molecule has 2 N–H and O–H groups in total. The predicted molar refractivity (Wildman–Crippen MR) is 72.8 cm³/mol. The highest BCUT2D eigenvalue weighted by atomic mass is 16.5. The van der Waals surface area contributed by atoms with Crippen molar-refractivity contribution in [3.8, 4) is 0 Å². The van der Waals surface area contributed by atoms with E-state index in [9.17, 15) is 4.79 Å². The van der Waals surface area contributed by atoms with Crippen molar-refractivity contribution in [3.05, 3.63) is 11.8 Å². The summed E-state index contributed by atoms with van der Waals surface area (Å²) in [6.45, 7) is 4.32. The van der Waals surface area contributed by atoms with Crippen molar-refractivity contribution in [1.29, 1.82) is 0 Å². The largest absolute Gasteiger partial charge is 0.496 e. The second kappa shape index (κ2) is 5.82. The first-order valence-corrected chi connectivity index (χ1v) is 7.40. The number of nitrogens with one attached hydrogen (secondary N) is 2. The molecule has 5 heteroatoms. The van der Waals surface area contributed by atoms with Crippen LogP contribution < -0.4 is 10.6 Å². The van der Waals surface area contributed by atoms with Gasteiger partial charge < -0.3 is 20.3 Å². The number of hydrogen-bond donors (Lipinski definition) is 2. The number of urea groups is 1. The molecule has 1 saturated heterocycles. The number of amides is 2. The Morgan fingerprint density at radius 3 is 3.00 bits per heavy atom. The van der Waals surface area contributed by atoms with Gasteiger partial charge in [0.05, 0.1) is 13.2 Å². The molecular weight excluding hydrogens is 242 g/mol. The summed E-state index contributed by atoms with van der Waals surface area (Å²) in [5.74, 6) is 1.53. The second-order valence-corrected chi connectivity index (χ2v) is 5.71. The molecule has 2 heterocycles. The SMILES string of the molecule is O=C(NCC1=CCCO1)N(CC1CCNC1)C1CC1. The summed E-state index contributed by atoms with van der Waals surface area (Å²) in [6.07, 6.45) is 6.53. The quantitative estimate of drug-likeness (QED) is 0.782. The number of carbonyl (C=O) groups is 1. The molecule has 2 fully saturated rings. The van der Waals surface area contributed by atoms with Gasteiger partial charge in [0.15, 0.2) is 0 Å². The fraction of sp³-hybridized carbons (Fsp3) is 0.786. The van der Waals surface area contributed by atoms with Gasteiger partial charge in [-0.05, 0) is 44.3 Å². The first kappa shape index (κ1) is 12.8. The van der Waals surface area contributed by atoms with Gasteiger partial charge in [0.25, 0.3) is 0 Å². The van der Waals surface area contributed by atoms with Crippen LogP contribution in [0.2, 0.25) is 0 Å². The minimum Gasteiger partial charge on any atom is -0.496 e. The second-order valence-electron chi connectivity index (χ2n) is 5.71. The van der Waals surface area contributed by atoms with Crippen LogP contribution in [0.5, 0.6) is 0 Å². The molecule has 0 radical (unpaired) electrons. The Labute approximate surface area is 114 Å². The van der Waals surface area contributed by atoms with E-state index in [1.54, 1.807) is 0 Å². The predicted octanol–water partition coefficient (Wildman–Crippen LogP) is 1.07. The molecule has 0 aromatic carbocycles. The van der Waals surface area contributed by atoms with Gasteiger partial charge in [0.2, 0.25) is 0 Å². The maximum atomic E-state index is 12.3. The Morgan fingerprint density at radius 2 is 2.37 bits per heavy atom. The molecule has 0 spiro atoms. The molecular formula is C14H23N3O2. The van der Waals surface area contributed by atoms with Crippen LogP contribution in [0.3, 0.4) is 0 Å². The zero-order valence-electron chi connectivity index (χ0n) is 11.4. The summed E-state index contributed by atoms with van der Waals surface area (Å²) in [7, 11) is 0. The van der Waals surface area contributed by atoms with E-state index in [1.165, 1.54) is 6.42 Å². The van der Waals surface area contributed by atoms with Crippen LogP contribution in [-0.4, -0.2) is 49.8 Å². The van der Waals surface area contributed by atoms with Gasteiger partial charge in [-0.1, -0.05) is 0 Å². The molecule has 5 nitrogen and oxygen atoms in total. The van der Waals surface area contributed by atoms with E-state index in [4.69, 9.17) is 4.74 Å². The maximum absolute atomic E-state index is 12.3. The lowest BCUT2D eigenvalue weighted by atomic mass is 10.1. The molecule has 0 aromatic heterocycles. The van der Waals surface area contributed by atoms with Crippen molar-refractivity contribution in [3.63, 3.8) is 0 Å². The van der Waals surface area contributed by atoms with Gasteiger partial charge >= 0.3 is 6.03 Å². The summed E-state index contributed by atoms with van der Waals surface area (Å²) in [6, 6.07) is 0.546. The molecule has 3 rings (SSSR count). The average Bonchev–Trinajstić information content (AvgIpc) is 2.94. The highest BCUT2D eigenvalue weighted by molar-refractivity contribution is 5.75. The number of rotatable bonds is 5. The van der Waals surface area contributed by atoms with Crippen LogP contribution >= 0.6 is 0 Å². The van der Waals surface area contributed by atoms with E-state index < -0.39 is 0 Å². The van der Waals surface area contributed by atoms with Gasteiger partial charge in [0, 0.05) is 19.0 Å². The summed E-state index contributed by atoms with van der Waals surface area (Å²) in [4.78, 5) is 14.3. The van der Waals surface area contributed by atoms with Gasteiger partial charge in [0.1, 0.15) is 5.76 Å². The van der Waals surface area contributed by atoms with Crippen molar-refractivity contribution in [2.75, 3.05) is 32.8 Å². The standard InChI is InChI=1S/C14H23N3O2/c18-14(16-9-13-2-1-7-19-13)17(12-3-4-12)10-11-5-6-15-8-11/h2,11-12,15H,1,3-10H2,(H,16,18). The molecule has 19 heavy (non-hydrogen) atoms. The van der Waals surface area contributed by atoms with Gasteiger partial charge in [-0.15, -0.1) is 0 Å². The zero-order valence-corrected chi connectivity index (χ0v) is 11.4. The monoisotopic (exact) mass is 265 g/mol. The van der Waals surface area contributed by atoms with E-state index in [2.05, 4.69) is 16.7 Å². The summed E-state index contributed by atoms with van der Waals surface area (Å²) < 4.78 is 5.41. The van der Waals surface area contributed by atoms with Crippen LogP contribution in [0.25, 0.3) is 0 Å². The van der Waals surface area contributed by atoms with Crippen LogP contribution in [0.1, 0.15) is 25.7 Å². The Bertz CT molecular complexity index is 360. The fourth-order valence-corrected chi connectivity index (χ4v) is 2.79. The average molecular weight is 265 g/mol. The number of nitrogens with zero attached hydrogens (tertiary/aromatic N) is 1. The first-order valence-electron chi connectivity index (χ1n) is 7.40. The van der Waals surface area contributed by atoms with Crippen LogP contribution in [0, 0.1) is 5.92 Å². The molecule has 1 unspecified atom stereocenters. The normalized spacial score (nSPS) is 25.9. The van der Waals surface area contributed by atoms with Crippen molar-refractivity contribution in [2.45, 2.75) is 31.7 Å². The van der Waals surface area contributed by atoms with Crippen molar-refractivity contribution in [1.82, 2.24) is 15.5 Å². The zero-order chi connectivity index (χ0) is 13.1. The van der Waals surface area contributed by atoms with Gasteiger partial charge in [-0.3, -0.25) is 0 Å². The van der Waals surface area contributed by atoms with Crippen molar-refractivity contribution in [2.24, 2.45) is 5.92 Å². The third-order valence-corrected chi connectivity index (χ3v) is 4.06. The molecule has 1 saturated carbocycles. The van der Waals surface area contributed by atoms with Gasteiger partial charge in [-0.25, -0.2) is 4.79 Å². The van der Waals surface area contributed by atoms with Crippen molar-refractivity contribution < 1.29 is 9.53 Å². The smallest absolute Gasteiger partial charge is 0.318 e. The highest BCUT2D eigenvalue weighted by Gasteiger charge is 2.34. The lowest BCUT2D eigenvalue weighted by Crippen LogP contribution is -2.44. The number of ether oxygens (including phenoxy) is 1. The van der Waals surface area contributed by atoms with Crippen LogP contribution in [0.4, 0.5) is 4.79 Å². The molecule has 0 bridgehead atoms. The molecule has 3 aliphatic rings. The highest BCUT2D eigenvalue weighted by Crippen LogP contribution is 2.28. The third-order valence-electron chi connectivity index (χ3n) is 4.06. The Morgan fingerprint density at radius 1 is 1.47 bits per heavy atom. The molecule has 2 aliphatic heterocycles. The van der Waals surface area contributed by atoms with E-state index in [0.29, 0.717) is 18.5 Å². The lowest BCUT2D eigenvalue weighted by Gasteiger charge is -2.25. The number of carbonyl (C=O) groups excluding carboxylic acids is 1.